The maximum Gasteiger partial charge on any atom is 0.422 e. The van der Waals surface area contributed by atoms with E-state index in [-0.39, 0.29) is 45.9 Å². The van der Waals surface area contributed by atoms with Crippen LogP contribution in [0.5, 0.6) is 11.5 Å². The van der Waals surface area contributed by atoms with Gasteiger partial charge in [-0.05, 0) is 49.6 Å². The third-order valence-electron chi connectivity index (χ3n) is 6.78. The molecule has 0 radical (unpaired) electrons. The maximum absolute atomic E-state index is 13.6. The number of aromatic nitrogens is 2. The maximum atomic E-state index is 13.6. The molecule has 4 rings (SSSR count). The first kappa shape index (κ1) is 31.8. The highest BCUT2D eigenvalue weighted by Crippen LogP contribution is 2.38. The first-order valence-electron chi connectivity index (χ1n) is 13.4. The summed E-state index contributed by atoms with van der Waals surface area (Å²) in [5, 5.41) is 5.40. The van der Waals surface area contributed by atoms with Gasteiger partial charge in [-0.2, -0.15) is 13.2 Å². The third kappa shape index (κ3) is 8.26. The Balaban J connectivity index is 1.71. The van der Waals surface area contributed by atoms with Crippen LogP contribution in [0, 0.1) is 0 Å². The molecule has 2 amide bonds. The van der Waals surface area contributed by atoms with Crippen LogP contribution in [0.25, 0.3) is 11.1 Å². The summed E-state index contributed by atoms with van der Waals surface area (Å²) < 4.78 is 56.3. The number of amides is 2. The van der Waals surface area contributed by atoms with Crippen molar-refractivity contribution in [2.45, 2.75) is 44.0 Å². The van der Waals surface area contributed by atoms with Gasteiger partial charge in [-0.25, -0.2) is 4.98 Å². The second-order valence-electron chi connectivity index (χ2n) is 9.79. The van der Waals surface area contributed by atoms with Gasteiger partial charge in [0.15, 0.2) is 6.61 Å². The number of rotatable bonds is 10. The molecule has 43 heavy (non-hydrogen) atoms. The molecule has 1 aliphatic rings. The SMILES string of the molecule is CNC(=O)c1ccc(NC(=O)C(C[C@H]2CCCCO2)n2cc(OC)c(-c3cc(Cl)ccc3OCC(F)(F)F)cc2=O)cn1. The van der Waals surface area contributed by atoms with Crippen molar-refractivity contribution < 1.29 is 37.0 Å². The van der Waals surface area contributed by atoms with Gasteiger partial charge in [-0.15, -0.1) is 0 Å². The molecule has 10 nitrogen and oxygen atoms in total. The van der Waals surface area contributed by atoms with E-state index >= 15 is 0 Å². The highest BCUT2D eigenvalue weighted by atomic mass is 35.5. The van der Waals surface area contributed by atoms with Gasteiger partial charge in [0.2, 0.25) is 5.91 Å². The molecule has 230 valence electrons. The number of ether oxygens (including phenoxy) is 3. The van der Waals surface area contributed by atoms with Gasteiger partial charge >= 0.3 is 6.18 Å². The fraction of sp³-hybridized carbons (Fsp3) is 0.379. The first-order chi connectivity index (χ1) is 20.5. The number of anilines is 1. The lowest BCUT2D eigenvalue weighted by Crippen LogP contribution is -2.36. The Morgan fingerprint density at radius 2 is 1.93 bits per heavy atom. The predicted molar refractivity (Wildman–Crippen MR) is 153 cm³/mol. The van der Waals surface area contributed by atoms with E-state index < -0.39 is 36.2 Å². The molecule has 2 aromatic heterocycles. The molecular formula is C29H30ClF3N4O6. The zero-order chi connectivity index (χ0) is 31.1. The van der Waals surface area contributed by atoms with Crippen LogP contribution in [0.1, 0.15) is 42.2 Å². The molecule has 0 aliphatic carbocycles. The number of benzene rings is 1. The van der Waals surface area contributed by atoms with Crippen LogP contribution in [0.15, 0.2) is 53.6 Å². The number of carbonyl (C=O) groups is 2. The van der Waals surface area contributed by atoms with E-state index in [1.165, 1.54) is 61.5 Å². The Morgan fingerprint density at radius 3 is 2.56 bits per heavy atom. The lowest BCUT2D eigenvalue weighted by atomic mass is 10.00. The van der Waals surface area contributed by atoms with Crippen LogP contribution in [-0.4, -0.2) is 61.0 Å². The minimum atomic E-state index is -4.59. The molecule has 1 saturated heterocycles. The third-order valence-corrected chi connectivity index (χ3v) is 7.01. The number of alkyl halides is 3. The van der Waals surface area contributed by atoms with E-state index in [1.807, 2.05) is 0 Å². The van der Waals surface area contributed by atoms with E-state index in [0.717, 1.165) is 18.9 Å². The monoisotopic (exact) mass is 622 g/mol. The number of hydrogen-bond donors (Lipinski definition) is 2. The second kappa shape index (κ2) is 13.9. The van der Waals surface area contributed by atoms with Gasteiger partial charge in [0, 0.05) is 42.3 Å². The Bertz CT molecular complexity index is 1510. The van der Waals surface area contributed by atoms with Crippen molar-refractivity contribution in [3.63, 3.8) is 0 Å². The quantitative estimate of drug-likeness (QED) is 0.326. The number of carbonyl (C=O) groups excluding carboxylic acids is 2. The lowest BCUT2D eigenvalue weighted by molar-refractivity contribution is -0.153. The van der Waals surface area contributed by atoms with Crippen molar-refractivity contribution in [1.29, 1.82) is 0 Å². The summed E-state index contributed by atoms with van der Waals surface area (Å²) in [6, 6.07) is 7.06. The molecule has 0 bridgehead atoms. The molecule has 1 fully saturated rings. The van der Waals surface area contributed by atoms with Crippen LogP contribution >= 0.6 is 11.6 Å². The largest absolute Gasteiger partial charge is 0.495 e. The average molecular weight is 623 g/mol. The minimum Gasteiger partial charge on any atom is -0.495 e. The zero-order valence-electron chi connectivity index (χ0n) is 23.4. The highest BCUT2D eigenvalue weighted by molar-refractivity contribution is 6.31. The molecule has 0 saturated carbocycles. The fourth-order valence-corrected chi connectivity index (χ4v) is 4.86. The predicted octanol–water partition coefficient (Wildman–Crippen LogP) is 5.01. The Hall–Kier alpha value is -4.10. The first-order valence-corrected chi connectivity index (χ1v) is 13.8. The highest BCUT2D eigenvalue weighted by Gasteiger charge is 2.31. The molecule has 1 unspecified atom stereocenters. The Kier molecular flexibility index (Phi) is 10.3. The summed E-state index contributed by atoms with van der Waals surface area (Å²) in [5.74, 6) is -0.999. The van der Waals surface area contributed by atoms with E-state index in [4.69, 9.17) is 25.8 Å². The van der Waals surface area contributed by atoms with Crippen molar-refractivity contribution in [3.05, 3.63) is 69.9 Å². The minimum absolute atomic E-state index is 0.0951. The summed E-state index contributed by atoms with van der Waals surface area (Å²) in [4.78, 5) is 43.1. The van der Waals surface area contributed by atoms with Crippen molar-refractivity contribution in [2.24, 2.45) is 0 Å². The molecule has 0 spiro atoms. The number of pyridine rings is 2. The molecule has 2 atom stereocenters. The van der Waals surface area contributed by atoms with Crippen LogP contribution in [0.4, 0.5) is 18.9 Å². The smallest absolute Gasteiger partial charge is 0.422 e. The molecule has 14 heteroatoms. The number of hydrogen-bond acceptors (Lipinski definition) is 7. The summed E-state index contributed by atoms with van der Waals surface area (Å²) >= 11 is 6.14. The molecule has 3 aromatic rings. The van der Waals surface area contributed by atoms with Gasteiger partial charge in [-0.3, -0.25) is 19.0 Å². The normalized spacial score (nSPS) is 15.8. The summed E-state index contributed by atoms with van der Waals surface area (Å²) in [5.41, 5.74) is 0.0712. The molecule has 3 heterocycles. The molecule has 1 aromatic carbocycles. The number of methoxy groups -OCH3 is 1. The fourth-order valence-electron chi connectivity index (χ4n) is 4.69. The van der Waals surface area contributed by atoms with Crippen LogP contribution in [-0.2, 0) is 9.53 Å². The van der Waals surface area contributed by atoms with E-state index in [2.05, 4.69) is 15.6 Å². The summed E-state index contributed by atoms with van der Waals surface area (Å²) in [6.45, 7) is -1.03. The lowest BCUT2D eigenvalue weighted by Gasteiger charge is -2.28. The summed E-state index contributed by atoms with van der Waals surface area (Å²) in [6.07, 6.45) is 0.398. The zero-order valence-corrected chi connectivity index (χ0v) is 24.1. The number of nitrogens with one attached hydrogen (secondary N) is 2. The Labute approximate surface area is 250 Å². The Morgan fingerprint density at radius 1 is 1.16 bits per heavy atom. The standard InChI is InChI=1S/C29H30ClF3N4O6/c1-34-27(39)22-8-7-18(14-35-22)36-28(40)23(12-19-5-3-4-10-42-19)37-15-25(41-2)21(13-26(37)38)20-11-17(30)6-9-24(20)43-16-29(31,32)33/h6-9,11,13-15,19,23H,3-5,10,12,16H2,1-2H3,(H,34,39)(H,36,40)/t19-,23?/m1/s1. The van der Waals surface area contributed by atoms with Crippen molar-refractivity contribution >= 4 is 29.1 Å². The van der Waals surface area contributed by atoms with Crippen molar-refractivity contribution in [2.75, 3.05) is 32.7 Å². The van der Waals surface area contributed by atoms with Gasteiger partial charge in [0.05, 0.1) is 31.3 Å². The van der Waals surface area contributed by atoms with Crippen molar-refractivity contribution in [1.82, 2.24) is 14.9 Å². The van der Waals surface area contributed by atoms with E-state index in [0.29, 0.717) is 18.7 Å². The molecule has 1 aliphatic heterocycles. The average Bonchev–Trinajstić information content (AvgIpc) is 2.99. The van der Waals surface area contributed by atoms with Gasteiger partial charge < -0.3 is 24.8 Å². The molecule has 2 N–H and O–H groups in total. The second-order valence-corrected chi connectivity index (χ2v) is 10.2. The van der Waals surface area contributed by atoms with Crippen LogP contribution in [0.2, 0.25) is 5.02 Å². The van der Waals surface area contributed by atoms with Crippen LogP contribution in [0.3, 0.4) is 0 Å². The molecular weight excluding hydrogens is 593 g/mol. The van der Waals surface area contributed by atoms with Gasteiger partial charge in [0.1, 0.15) is 23.2 Å². The van der Waals surface area contributed by atoms with Crippen LogP contribution < -0.4 is 25.7 Å². The van der Waals surface area contributed by atoms with Gasteiger partial charge in [-0.1, -0.05) is 11.6 Å². The van der Waals surface area contributed by atoms with E-state index in [9.17, 15) is 27.6 Å². The van der Waals surface area contributed by atoms with E-state index in [1.54, 1.807) is 0 Å². The van der Waals surface area contributed by atoms with Crippen molar-refractivity contribution in [3.8, 4) is 22.6 Å². The number of nitrogens with zero attached hydrogens (tertiary/aromatic N) is 2. The topological polar surface area (TPSA) is 121 Å². The summed E-state index contributed by atoms with van der Waals surface area (Å²) in [7, 11) is 2.80. The van der Waals surface area contributed by atoms with Gasteiger partial charge in [0.25, 0.3) is 11.5 Å². The number of halogens is 4.